The lowest BCUT2D eigenvalue weighted by atomic mass is 10.2. The van der Waals surface area contributed by atoms with Crippen molar-refractivity contribution in [2.75, 3.05) is 12.9 Å². The first-order valence-corrected chi connectivity index (χ1v) is 10.8. The molecule has 0 atom stereocenters. The van der Waals surface area contributed by atoms with Crippen LogP contribution in [-0.4, -0.2) is 33.4 Å². The van der Waals surface area contributed by atoms with Crippen molar-refractivity contribution in [3.8, 4) is 17.1 Å². The topological polar surface area (TPSA) is 70.2 Å². The van der Waals surface area contributed by atoms with E-state index in [1.54, 1.807) is 13.4 Å². The summed E-state index contributed by atoms with van der Waals surface area (Å²) in [5.74, 6) is 2.61. The van der Waals surface area contributed by atoms with E-state index in [-0.39, 0.29) is 5.78 Å². The van der Waals surface area contributed by atoms with Crippen LogP contribution in [0.4, 0.5) is 0 Å². The van der Waals surface area contributed by atoms with Gasteiger partial charge in [0.25, 0.3) is 0 Å². The Morgan fingerprint density at radius 3 is 2.83 bits per heavy atom. The Labute approximate surface area is 176 Å². The van der Waals surface area contributed by atoms with E-state index in [0.29, 0.717) is 23.3 Å². The molecule has 0 aliphatic heterocycles. The number of hydrogen-bond donors (Lipinski definition) is 0. The molecule has 0 N–H and O–H groups in total. The highest BCUT2D eigenvalue weighted by Crippen LogP contribution is 2.28. The van der Waals surface area contributed by atoms with Crippen LogP contribution >= 0.6 is 23.1 Å². The van der Waals surface area contributed by atoms with Crippen LogP contribution in [0.1, 0.15) is 20.3 Å². The molecule has 0 fully saturated rings. The van der Waals surface area contributed by atoms with Crippen LogP contribution < -0.4 is 4.74 Å². The van der Waals surface area contributed by atoms with E-state index in [4.69, 9.17) is 9.15 Å². The van der Waals surface area contributed by atoms with Crippen LogP contribution in [0.15, 0.2) is 64.4 Å². The third kappa shape index (κ3) is 4.44. The lowest BCUT2D eigenvalue weighted by Gasteiger charge is -2.09. The average Bonchev–Trinajstić information content (AvgIpc) is 3.48. The highest BCUT2D eigenvalue weighted by Gasteiger charge is 2.18. The standard InChI is InChI=1S/C21H19N3O3S2/c1-14-8-9-19(29-14)18(25)13-28-21-23-22-20(15-5-3-6-16(11-15)26-2)24(21)12-17-7-4-10-27-17/h3-11H,12-13H2,1-2H3. The number of hydrogen-bond acceptors (Lipinski definition) is 7. The normalized spacial score (nSPS) is 11.0. The third-order valence-corrected chi connectivity index (χ3v) is 6.29. The summed E-state index contributed by atoms with van der Waals surface area (Å²) >= 11 is 2.89. The van der Waals surface area contributed by atoms with Crippen molar-refractivity contribution in [1.82, 2.24) is 14.8 Å². The molecule has 1 aromatic carbocycles. The number of rotatable bonds is 8. The largest absolute Gasteiger partial charge is 0.497 e. The van der Waals surface area contributed by atoms with Gasteiger partial charge in [0.05, 0.1) is 30.5 Å². The van der Waals surface area contributed by atoms with Gasteiger partial charge in [-0.25, -0.2) is 0 Å². The fourth-order valence-corrected chi connectivity index (χ4v) is 4.58. The third-order valence-electron chi connectivity index (χ3n) is 4.29. The minimum atomic E-state index is 0.0866. The summed E-state index contributed by atoms with van der Waals surface area (Å²) in [4.78, 5) is 14.4. The Kier molecular flexibility index (Phi) is 5.82. The van der Waals surface area contributed by atoms with Crippen molar-refractivity contribution in [3.63, 3.8) is 0 Å². The quantitative estimate of drug-likeness (QED) is 0.294. The number of aryl methyl sites for hydroxylation is 1. The Morgan fingerprint density at radius 1 is 1.21 bits per heavy atom. The summed E-state index contributed by atoms with van der Waals surface area (Å²) in [7, 11) is 1.63. The number of carbonyl (C=O) groups is 1. The molecular formula is C21H19N3O3S2. The van der Waals surface area contributed by atoms with Crippen molar-refractivity contribution in [1.29, 1.82) is 0 Å². The Balaban J connectivity index is 1.62. The lowest BCUT2D eigenvalue weighted by molar-refractivity contribution is 0.102. The number of methoxy groups -OCH3 is 1. The van der Waals surface area contributed by atoms with E-state index in [9.17, 15) is 4.79 Å². The number of benzene rings is 1. The molecule has 0 amide bonds. The van der Waals surface area contributed by atoms with E-state index < -0.39 is 0 Å². The fraction of sp³-hybridized carbons (Fsp3) is 0.190. The zero-order chi connectivity index (χ0) is 20.2. The molecule has 8 heteroatoms. The first-order chi connectivity index (χ1) is 14.1. The van der Waals surface area contributed by atoms with Crippen LogP contribution in [0, 0.1) is 6.92 Å². The summed E-state index contributed by atoms with van der Waals surface area (Å²) in [6.45, 7) is 2.47. The number of thiophene rings is 1. The molecule has 3 aromatic heterocycles. The molecule has 3 heterocycles. The van der Waals surface area contributed by atoms with Gasteiger partial charge >= 0.3 is 0 Å². The average molecular weight is 426 g/mol. The first kappa shape index (κ1) is 19.5. The van der Waals surface area contributed by atoms with E-state index in [1.165, 1.54) is 23.1 Å². The number of ether oxygens (including phenoxy) is 1. The van der Waals surface area contributed by atoms with Crippen LogP contribution in [0.5, 0.6) is 5.75 Å². The Hall–Kier alpha value is -2.84. The Bertz CT molecular complexity index is 1120. The van der Waals surface area contributed by atoms with Crippen molar-refractivity contribution in [2.24, 2.45) is 0 Å². The van der Waals surface area contributed by atoms with Gasteiger partial charge in [-0.1, -0.05) is 23.9 Å². The second kappa shape index (κ2) is 8.67. The van der Waals surface area contributed by atoms with Gasteiger partial charge in [0.15, 0.2) is 16.8 Å². The van der Waals surface area contributed by atoms with Crippen LogP contribution in [0.25, 0.3) is 11.4 Å². The zero-order valence-corrected chi connectivity index (χ0v) is 17.6. The van der Waals surface area contributed by atoms with E-state index in [2.05, 4.69) is 10.2 Å². The van der Waals surface area contributed by atoms with Gasteiger partial charge < -0.3 is 9.15 Å². The van der Waals surface area contributed by atoms with Crippen molar-refractivity contribution >= 4 is 28.9 Å². The van der Waals surface area contributed by atoms with E-state index in [1.807, 2.05) is 60.0 Å². The SMILES string of the molecule is COc1cccc(-c2nnc(SCC(=O)c3ccc(C)s3)n2Cc2ccco2)c1. The number of thioether (sulfide) groups is 1. The predicted octanol–water partition coefficient (Wildman–Crippen LogP) is 4.94. The lowest BCUT2D eigenvalue weighted by Crippen LogP contribution is -2.06. The van der Waals surface area contributed by atoms with Gasteiger partial charge in [0.2, 0.25) is 0 Å². The number of ketones is 1. The minimum Gasteiger partial charge on any atom is -0.497 e. The maximum atomic E-state index is 12.5. The summed E-state index contributed by atoms with van der Waals surface area (Å²) in [6.07, 6.45) is 1.64. The summed E-state index contributed by atoms with van der Waals surface area (Å²) < 4.78 is 12.8. The smallest absolute Gasteiger partial charge is 0.192 e. The van der Waals surface area contributed by atoms with E-state index in [0.717, 1.165) is 26.8 Å². The monoisotopic (exact) mass is 425 g/mol. The number of Topliss-reactive ketones (excluding diaryl/α,β-unsaturated/α-hetero) is 1. The summed E-state index contributed by atoms with van der Waals surface area (Å²) in [6, 6.07) is 15.3. The van der Waals surface area contributed by atoms with Crippen LogP contribution in [0.2, 0.25) is 0 Å². The molecule has 29 heavy (non-hydrogen) atoms. The molecule has 0 spiro atoms. The fourth-order valence-electron chi connectivity index (χ4n) is 2.86. The maximum absolute atomic E-state index is 12.5. The number of nitrogens with zero attached hydrogens (tertiary/aromatic N) is 3. The van der Waals surface area contributed by atoms with E-state index >= 15 is 0 Å². The Morgan fingerprint density at radius 2 is 2.10 bits per heavy atom. The summed E-state index contributed by atoms with van der Waals surface area (Å²) in [5.41, 5.74) is 0.885. The highest BCUT2D eigenvalue weighted by molar-refractivity contribution is 7.99. The highest BCUT2D eigenvalue weighted by atomic mass is 32.2. The molecule has 4 aromatic rings. The van der Waals surface area contributed by atoms with Gasteiger partial charge in [0, 0.05) is 10.4 Å². The second-order valence-electron chi connectivity index (χ2n) is 6.33. The van der Waals surface area contributed by atoms with Crippen LogP contribution in [-0.2, 0) is 6.54 Å². The molecule has 0 saturated carbocycles. The molecule has 0 bridgehead atoms. The number of furan rings is 1. The molecule has 0 aliphatic carbocycles. The molecule has 0 saturated heterocycles. The number of aromatic nitrogens is 3. The maximum Gasteiger partial charge on any atom is 0.192 e. The van der Waals surface area contributed by atoms with Gasteiger partial charge in [-0.3, -0.25) is 9.36 Å². The predicted molar refractivity (Wildman–Crippen MR) is 114 cm³/mol. The molecule has 6 nitrogen and oxygen atoms in total. The first-order valence-electron chi connectivity index (χ1n) is 8.96. The van der Waals surface area contributed by atoms with Crippen molar-refractivity contribution in [2.45, 2.75) is 18.6 Å². The van der Waals surface area contributed by atoms with Gasteiger partial charge in [-0.15, -0.1) is 21.5 Å². The van der Waals surface area contributed by atoms with Gasteiger partial charge in [0.1, 0.15) is 11.5 Å². The van der Waals surface area contributed by atoms with Gasteiger partial charge in [-0.05, 0) is 43.3 Å². The van der Waals surface area contributed by atoms with Gasteiger partial charge in [-0.2, -0.15) is 0 Å². The summed E-state index contributed by atoms with van der Waals surface area (Å²) in [5, 5.41) is 9.39. The zero-order valence-electron chi connectivity index (χ0n) is 16.0. The molecule has 0 aliphatic rings. The molecule has 148 valence electrons. The van der Waals surface area contributed by atoms with Crippen molar-refractivity contribution < 1.29 is 13.9 Å². The molecule has 4 rings (SSSR count). The van der Waals surface area contributed by atoms with Crippen molar-refractivity contribution in [3.05, 3.63) is 70.3 Å². The number of carbonyl (C=O) groups excluding carboxylic acids is 1. The molecule has 0 unspecified atom stereocenters. The molecular weight excluding hydrogens is 406 g/mol. The second-order valence-corrected chi connectivity index (χ2v) is 8.56. The molecule has 0 radical (unpaired) electrons. The minimum absolute atomic E-state index is 0.0866. The van der Waals surface area contributed by atoms with Crippen LogP contribution in [0.3, 0.4) is 0 Å².